The van der Waals surface area contributed by atoms with Gasteiger partial charge in [-0.05, 0) is 39.0 Å². The zero-order valence-electron chi connectivity index (χ0n) is 15.5. The van der Waals surface area contributed by atoms with Gasteiger partial charge in [-0.3, -0.25) is 0 Å². The van der Waals surface area contributed by atoms with Gasteiger partial charge >= 0.3 is 0 Å². The van der Waals surface area contributed by atoms with Crippen molar-refractivity contribution in [2.45, 2.75) is 33.0 Å². The number of hydrogen-bond acceptors (Lipinski definition) is 5. The van der Waals surface area contributed by atoms with Crippen LogP contribution in [0.15, 0.2) is 40.0 Å². The van der Waals surface area contributed by atoms with Crippen LogP contribution in [0.5, 0.6) is 11.5 Å². The maximum atomic E-state index is 6.27. The zero-order chi connectivity index (χ0) is 20.7. The van der Waals surface area contributed by atoms with Crippen LogP contribution < -0.4 is 9.47 Å². The number of nitrogens with zero attached hydrogens (tertiary/aromatic N) is 1. The highest BCUT2D eigenvalue weighted by Gasteiger charge is 2.12. The standard InChI is InChI=1S/C19H19Cl4NO3S/c1-19(2,3)27-24-10-13-4-5-14(28-13)11-26-18-15(20)8-12(9-16(18)21)25-7-6-17(22)23/h4-6,8-10H,7,11H2,1-3H3/b24-10+. The minimum atomic E-state index is -0.324. The lowest BCUT2D eigenvalue weighted by Gasteiger charge is -2.14. The Bertz CT molecular complexity index is 832. The van der Waals surface area contributed by atoms with Crippen molar-refractivity contribution in [1.29, 1.82) is 0 Å². The summed E-state index contributed by atoms with van der Waals surface area (Å²) in [5.41, 5.74) is -0.324. The fraction of sp³-hybridized carbons (Fsp3) is 0.316. The van der Waals surface area contributed by atoms with E-state index in [2.05, 4.69) is 5.16 Å². The first-order valence-corrected chi connectivity index (χ1v) is 10.5. The molecule has 0 saturated carbocycles. The molecule has 0 atom stereocenters. The van der Waals surface area contributed by atoms with Gasteiger partial charge < -0.3 is 14.3 Å². The van der Waals surface area contributed by atoms with Crippen LogP contribution in [0.1, 0.15) is 30.5 Å². The summed E-state index contributed by atoms with van der Waals surface area (Å²) in [6, 6.07) is 7.13. The molecule has 28 heavy (non-hydrogen) atoms. The van der Waals surface area contributed by atoms with E-state index in [1.54, 1.807) is 18.3 Å². The van der Waals surface area contributed by atoms with E-state index in [9.17, 15) is 0 Å². The minimum absolute atomic E-state index is 0.127. The molecule has 0 unspecified atom stereocenters. The number of rotatable bonds is 8. The van der Waals surface area contributed by atoms with Gasteiger partial charge in [-0.1, -0.05) is 51.6 Å². The average molecular weight is 483 g/mol. The molecule has 0 fully saturated rings. The van der Waals surface area contributed by atoms with E-state index in [1.807, 2.05) is 32.9 Å². The summed E-state index contributed by atoms with van der Waals surface area (Å²) in [5, 5.41) is 4.68. The van der Waals surface area contributed by atoms with Crippen LogP contribution in [0.3, 0.4) is 0 Å². The second kappa shape index (κ2) is 10.6. The third-order valence-electron chi connectivity index (χ3n) is 3.01. The first-order valence-electron chi connectivity index (χ1n) is 8.20. The number of benzene rings is 1. The highest BCUT2D eigenvalue weighted by Crippen LogP contribution is 2.37. The first kappa shape index (κ1) is 23.2. The molecule has 0 aliphatic rings. The fourth-order valence-electron chi connectivity index (χ4n) is 1.88. The largest absolute Gasteiger partial charge is 0.489 e. The summed E-state index contributed by atoms with van der Waals surface area (Å²) in [5.74, 6) is 0.878. The van der Waals surface area contributed by atoms with Crippen LogP contribution in [-0.2, 0) is 11.4 Å². The Kier molecular flexibility index (Phi) is 8.78. The van der Waals surface area contributed by atoms with Gasteiger partial charge in [-0.2, -0.15) is 0 Å². The Labute approximate surface area is 188 Å². The first-order chi connectivity index (χ1) is 13.1. The number of hydrogen-bond donors (Lipinski definition) is 0. The predicted molar refractivity (Wildman–Crippen MR) is 119 cm³/mol. The monoisotopic (exact) mass is 481 g/mol. The number of halogens is 4. The third-order valence-corrected chi connectivity index (χ3v) is 4.87. The lowest BCUT2D eigenvalue weighted by atomic mass is 10.2. The van der Waals surface area contributed by atoms with Crippen molar-refractivity contribution >= 4 is 64.0 Å². The van der Waals surface area contributed by atoms with Crippen molar-refractivity contribution < 1.29 is 14.3 Å². The predicted octanol–water partition coefficient (Wildman–Crippen LogP) is 7.48. The van der Waals surface area contributed by atoms with Gasteiger partial charge in [0.15, 0.2) is 5.75 Å². The molecule has 1 heterocycles. The Morgan fingerprint density at radius 3 is 2.39 bits per heavy atom. The topological polar surface area (TPSA) is 40.0 Å². The van der Waals surface area contributed by atoms with Crippen molar-refractivity contribution in [3.8, 4) is 11.5 Å². The summed E-state index contributed by atoms with van der Waals surface area (Å²) >= 11 is 25.2. The van der Waals surface area contributed by atoms with Crippen LogP contribution in [0.25, 0.3) is 0 Å². The zero-order valence-corrected chi connectivity index (χ0v) is 19.3. The molecule has 0 aliphatic carbocycles. The number of oxime groups is 1. The maximum Gasteiger partial charge on any atom is 0.157 e. The van der Waals surface area contributed by atoms with Crippen LogP contribution in [0.4, 0.5) is 0 Å². The summed E-state index contributed by atoms with van der Waals surface area (Å²) in [6.45, 7) is 6.33. The second-order valence-electron chi connectivity index (χ2n) is 6.55. The minimum Gasteiger partial charge on any atom is -0.489 e. The van der Waals surface area contributed by atoms with Crippen LogP contribution in [0, 0.1) is 0 Å². The smallest absolute Gasteiger partial charge is 0.157 e. The van der Waals surface area contributed by atoms with E-state index in [-0.39, 0.29) is 16.7 Å². The van der Waals surface area contributed by atoms with Gasteiger partial charge in [0.25, 0.3) is 0 Å². The molecule has 1 aromatic carbocycles. The molecule has 0 aliphatic heterocycles. The second-order valence-corrected chi connectivity index (χ2v) is 9.57. The van der Waals surface area contributed by atoms with Gasteiger partial charge in [0, 0.05) is 21.9 Å². The Balaban J connectivity index is 1.96. The van der Waals surface area contributed by atoms with Crippen molar-refractivity contribution in [2.75, 3.05) is 6.61 Å². The normalized spacial score (nSPS) is 11.5. The van der Waals surface area contributed by atoms with E-state index in [4.69, 9.17) is 60.7 Å². The third kappa shape index (κ3) is 8.10. The quantitative estimate of drug-likeness (QED) is 0.289. The molecular formula is C19H19Cl4NO3S. The molecule has 0 bridgehead atoms. The average Bonchev–Trinajstić information content (AvgIpc) is 3.00. The molecule has 4 nitrogen and oxygen atoms in total. The Morgan fingerprint density at radius 1 is 1.11 bits per heavy atom. The molecule has 0 radical (unpaired) electrons. The lowest BCUT2D eigenvalue weighted by molar-refractivity contribution is 0.00202. The molecular weight excluding hydrogens is 464 g/mol. The highest BCUT2D eigenvalue weighted by atomic mass is 35.5. The highest BCUT2D eigenvalue weighted by molar-refractivity contribution is 7.13. The molecule has 0 N–H and O–H groups in total. The molecule has 9 heteroatoms. The van der Waals surface area contributed by atoms with E-state index < -0.39 is 0 Å². The van der Waals surface area contributed by atoms with Gasteiger partial charge in [0.05, 0.1) is 16.3 Å². The molecule has 0 amide bonds. The Morgan fingerprint density at radius 2 is 1.79 bits per heavy atom. The Hall–Kier alpha value is -1.11. The van der Waals surface area contributed by atoms with Crippen molar-refractivity contribution in [1.82, 2.24) is 0 Å². The summed E-state index contributed by atoms with van der Waals surface area (Å²) in [4.78, 5) is 7.28. The van der Waals surface area contributed by atoms with E-state index >= 15 is 0 Å². The number of thiophene rings is 1. The van der Waals surface area contributed by atoms with Crippen molar-refractivity contribution in [2.24, 2.45) is 5.16 Å². The van der Waals surface area contributed by atoms with E-state index in [0.717, 1.165) is 9.75 Å². The molecule has 1 aromatic heterocycles. The van der Waals surface area contributed by atoms with Gasteiger partial charge in [-0.15, -0.1) is 11.3 Å². The van der Waals surface area contributed by atoms with Gasteiger partial charge in [0.1, 0.15) is 29.1 Å². The van der Waals surface area contributed by atoms with Crippen LogP contribution >= 0.6 is 57.7 Å². The molecule has 2 rings (SSSR count). The van der Waals surface area contributed by atoms with E-state index in [0.29, 0.717) is 28.2 Å². The van der Waals surface area contributed by atoms with Crippen molar-refractivity contribution in [3.63, 3.8) is 0 Å². The fourth-order valence-corrected chi connectivity index (χ4v) is 3.37. The van der Waals surface area contributed by atoms with Crippen LogP contribution in [-0.4, -0.2) is 18.4 Å². The number of ether oxygens (including phenoxy) is 2. The van der Waals surface area contributed by atoms with Gasteiger partial charge in [0.2, 0.25) is 0 Å². The van der Waals surface area contributed by atoms with Crippen molar-refractivity contribution in [3.05, 3.63) is 54.6 Å². The lowest BCUT2D eigenvalue weighted by Crippen LogP contribution is -2.15. The molecule has 0 saturated heterocycles. The van der Waals surface area contributed by atoms with Crippen LogP contribution in [0.2, 0.25) is 10.0 Å². The van der Waals surface area contributed by atoms with Gasteiger partial charge in [-0.25, -0.2) is 0 Å². The summed E-state index contributed by atoms with van der Waals surface area (Å²) in [6.07, 6.45) is 3.19. The molecule has 2 aromatic rings. The molecule has 152 valence electrons. The molecule has 0 spiro atoms. The maximum absolute atomic E-state index is 6.27. The van der Waals surface area contributed by atoms with E-state index in [1.165, 1.54) is 17.4 Å². The SMILES string of the molecule is CC(C)(C)O/N=C/c1ccc(COc2c(Cl)cc(OCC=C(Cl)Cl)cc2Cl)s1. The summed E-state index contributed by atoms with van der Waals surface area (Å²) in [7, 11) is 0. The summed E-state index contributed by atoms with van der Waals surface area (Å²) < 4.78 is 11.4.